The van der Waals surface area contributed by atoms with E-state index in [0.717, 1.165) is 26.1 Å². The second-order valence-corrected chi connectivity index (χ2v) is 3.91. The first-order chi connectivity index (χ1) is 6.85. The first-order valence-electron chi connectivity index (χ1n) is 5.14. The van der Waals surface area contributed by atoms with E-state index in [-0.39, 0.29) is 0 Å². The number of rotatable bonds is 7. The molecule has 2 fully saturated rings. The van der Waals surface area contributed by atoms with E-state index < -0.39 is 0 Å². The maximum absolute atomic E-state index is 5.42. The van der Waals surface area contributed by atoms with E-state index in [2.05, 4.69) is 0 Å². The molecule has 0 amide bonds. The Kier molecular flexibility index (Phi) is 3.38. The minimum Gasteiger partial charge on any atom is -0.382 e. The predicted octanol–water partition coefficient (Wildman–Crippen LogP) is 0.594. The molecule has 0 aromatic carbocycles. The number of methoxy groups -OCH3 is 2. The van der Waals surface area contributed by atoms with Crippen molar-refractivity contribution in [3.05, 3.63) is 0 Å². The Morgan fingerprint density at radius 2 is 1.21 bits per heavy atom. The molecule has 2 aliphatic heterocycles. The average Bonchev–Trinajstić information content (AvgIpc) is 3.02. The van der Waals surface area contributed by atoms with Crippen molar-refractivity contribution in [2.24, 2.45) is 0 Å². The van der Waals surface area contributed by atoms with Gasteiger partial charge in [0.1, 0.15) is 12.2 Å². The molecule has 14 heavy (non-hydrogen) atoms. The van der Waals surface area contributed by atoms with E-state index in [1.807, 2.05) is 0 Å². The van der Waals surface area contributed by atoms with Gasteiger partial charge in [0, 0.05) is 14.2 Å². The van der Waals surface area contributed by atoms with Gasteiger partial charge in [0.05, 0.1) is 25.4 Å². The van der Waals surface area contributed by atoms with E-state index in [4.69, 9.17) is 18.9 Å². The van der Waals surface area contributed by atoms with Crippen LogP contribution in [0.5, 0.6) is 0 Å². The second-order valence-electron chi connectivity index (χ2n) is 3.91. The molecule has 82 valence electrons. The van der Waals surface area contributed by atoms with Gasteiger partial charge in [0.2, 0.25) is 0 Å². The summed E-state index contributed by atoms with van der Waals surface area (Å²) in [5.74, 6) is 0. The van der Waals surface area contributed by atoms with Gasteiger partial charge in [-0.1, -0.05) is 0 Å². The number of hydrogen-bond donors (Lipinski definition) is 0. The van der Waals surface area contributed by atoms with Crippen LogP contribution in [-0.4, -0.2) is 51.8 Å². The van der Waals surface area contributed by atoms with Crippen LogP contribution in [0.3, 0.4) is 0 Å². The van der Waals surface area contributed by atoms with Crippen LogP contribution in [0.4, 0.5) is 0 Å². The van der Waals surface area contributed by atoms with Gasteiger partial charge in [-0.25, -0.2) is 0 Å². The lowest BCUT2D eigenvalue weighted by molar-refractivity contribution is 0.171. The first kappa shape index (κ1) is 10.4. The van der Waals surface area contributed by atoms with Gasteiger partial charge in [-0.2, -0.15) is 0 Å². The molecule has 0 N–H and O–H groups in total. The number of epoxide rings is 2. The third-order valence-corrected chi connectivity index (χ3v) is 2.77. The SMILES string of the molecule is COCC1OC1CCC1OC1COC. The van der Waals surface area contributed by atoms with Gasteiger partial charge in [-0.3, -0.25) is 0 Å². The van der Waals surface area contributed by atoms with E-state index in [1.165, 1.54) is 0 Å². The highest BCUT2D eigenvalue weighted by Crippen LogP contribution is 2.33. The zero-order valence-electron chi connectivity index (χ0n) is 8.77. The summed E-state index contributed by atoms with van der Waals surface area (Å²) < 4.78 is 20.8. The van der Waals surface area contributed by atoms with Crippen LogP contribution in [0.2, 0.25) is 0 Å². The zero-order valence-corrected chi connectivity index (χ0v) is 8.77. The van der Waals surface area contributed by atoms with Crippen molar-refractivity contribution in [3.63, 3.8) is 0 Å². The molecular formula is C10H18O4. The minimum absolute atomic E-state index is 0.333. The quantitative estimate of drug-likeness (QED) is 0.567. The molecule has 0 aromatic rings. The lowest BCUT2D eigenvalue weighted by atomic mass is 10.1. The second kappa shape index (κ2) is 4.57. The molecule has 2 saturated heterocycles. The van der Waals surface area contributed by atoms with Crippen LogP contribution in [0, 0.1) is 0 Å². The predicted molar refractivity (Wildman–Crippen MR) is 50.3 cm³/mol. The van der Waals surface area contributed by atoms with Gasteiger partial charge < -0.3 is 18.9 Å². The van der Waals surface area contributed by atoms with Gasteiger partial charge in [-0.15, -0.1) is 0 Å². The zero-order chi connectivity index (χ0) is 9.97. The highest BCUT2D eigenvalue weighted by atomic mass is 16.6. The molecule has 2 heterocycles. The molecule has 2 aliphatic rings. The normalized spacial score (nSPS) is 39.9. The Labute approximate surface area is 84.5 Å². The van der Waals surface area contributed by atoms with Crippen LogP contribution in [0.15, 0.2) is 0 Å². The summed E-state index contributed by atoms with van der Waals surface area (Å²) >= 11 is 0. The molecule has 0 saturated carbocycles. The summed E-state index contributed by atoms with van der Waals surface area (Å²) in [5.41, 5.74) is 0. The number of hydrogen-bond acceptors (Lipinski definition) is 4. The average molecular weight is 202 g/mol. The van der Waals surface area contributed by atoms with Crippen LogP contribution >= 0.6 is 0 Å². The van der Waals surface area contributed by atoms with Crippen molar-refractivity contribution < 1.29 is 18.9 Å². The fraction of sp³-hybridized carbons (Fsp3) is 1.00. The largest absolute Gasteiger partial charge is 0.382 e. The Morgan fingerprint density at radius 1 is 0.786 bits per heavy atom. The van der Waals surface area contributed by atoms with E-state index in [1.54, 1.807) is 14.2 Å². The molecule has 0 spiro atoms. The summed E-state index contributed by atoms with van der Waals surface area (Å²) in [5, 5.41) is 0. The van der Waals surface area contributed by atoms with Crippen LogP contribution < -0.4 is 0 Å². The molecule has 4 atom stereocenters. The monoisotopic (exact) mass is 202 g/mol. The van der Waals surface area contributed by atoms with Crippen molar-refractivity contribution in [1.82, 2.24) is 0 Å². The Morgan fingerprint density at radius 3 is 1.57 bits per heavy atom. The van der Waals surface area contributed by atoms with Crippen LogP contribution in [0.25, 0.3) is 0 Å². The maximum atomic E-state index is 5.42. The lowest BCUT2D eigenvalue weighted by Crippen LogP contribution is -2.05. The summed E-state index contributed by atoms with van der Waals surface area (Å²) in [6.07, 6.45) is 3.64. The fourth-order valence-corrected chi connectivity index (χ4v) is 1.82. The van der Waals surface area contributed by atoms with Crippen molar-refractivity contribution >= 4 is 0 Å². The van der Waals surface area contributed by atoms with Gasteiger partial charge in [0.15, 0.2) is 0 Å². The summed E-state index contributed by atoms with van der Waals surface area (Å²) in [7, 11) is 3.41. The third-order valence-electron chi connectivity index (χ3n) is 2.77. The fourth-order valence-electron chi connectivity index (χ4n) is 1.82. The van der Waals surface area contributed by atoms with Crippen molar-refractivity contribution in [2.75, 3.05) is 27.4 Å². The minimum atomic E-state index is 0.333. The molecule has 4 unspecified atom stereocenters. The topological polar surface area (TPSA) is 43.5 Å². The Balaban J connectivity index is 1.49. The highest BCUT2D eigenvalue weighted by molar-refractivity contribution is 4.90. The standard InChI is InChI=1S/C10H18O4/c1-11-5-9-7(13-9)3-4-8-10(14-8)6-12-2/h7-10H,3-6H2,1-2H3. The van der Waals surface area contributed by atoms with Crippen molar-refractivity contribution in [1.29, 1.82) is 0 Å². The molecule has 0 bridgehead atoms. The van der Waals surface area contributed by atoms with Gasteiger partial charge in [-0.05, 0) is 12.8 Å². The van der Waals surface area contributed by atoms with E-state index in [0.29, 0.717) is 24.4 Å². The van der Waals surface area contributed by atoms with Gasteiger partial charge in [0.25, 0.3) is 0 Å². The van der Waals surface area contributed by atoms with Gasteiger partial charge >= 0.3 is 0 Å². The molecule has 4 heteroatoms. The highest BCUT2D eigenvalue weighted by Gasteiger charge is 2.43. The third kappa shape index (κ3) is 2.67. The molecule has 4 nitrogen and oxygen atoms in total. The maximum Gasteiger partial charge on any atom is 0.107 e. The Hall–Kier alpha value is -0.160. The molecule has 2 rings (SSSR count). The van der Waals surface area contributed by atoms with Crippen LogP contribution in [-0.2, 0) is 18.9 Å². The molecule has 0 aliphatic carbocycles. The smallest absolute Gasteiger partial charge is 0.107 e. The van der Waals surface area contributed by atoms with Crippen molar-refractivity contribution in [2.45, 2.75) is 37.3 Å². The van der Waals surface area contributed by atoms with Crippen molar-refractivity contribution in [3.8, 4) is 0 Å². The number of ether oxygens (including phenoxy) is 4. The summed E-state index contributed by atoms with van der Waals surface area (Å²) in [6.45, 7) is 1.44. The molecular weight excluding hydrogens is 184 g/mol. The summed E-state index contributed by atoms with van der Waals surface area (Å²) in [4.78, 5) is 0. The van der Waals surface area contributed by atoms with Crippen LogP contribution in [0.1, 0.15) is 12.8 Å². The summed E-state index contributed by atoms with van der Waals surface area (Å²) in [6, 6.07) is 0. The molecule has 0 radical (unpaired) electrons. The first-order valence-corrected chi connectivity index (χ1v) is 5.14. The van der Waals surface area contributed by atoms with E-state index in [9.17, 15) is 0 Å². The Bertz CT molecular complexity index is 165. The molecule has 0 aromatic heterocycles. The van der Waals surface area contributed by atoms with E-state index >= 15 is 0 Å². The lowest BCUT2D eigenvalue weighted by Gasteiger charge is -1.93.